The van der Waals surface area contributed by atoms with Gasteiger partial charge in [0.05, 0.1) is 17.1 Å². The maximum absolute atomic E-state index is 3.70. The van der Waals surface area contributed by atoms with Gasteiger partial charge in [0.2, 0.25) is 0 Å². The minimum Gasteiger partial charge on any atom is -0.377 e. The van der Waals surface area contributed by atoms with Crippen LogP contribution in [0, 0.1) is 5.92 Å². The summed E-state index contributed by atoms with van der Waals surface area (Å²) in [6.07, 6.45) is 14.9. The third kappa shape index (κ3) is 2.75. The summed E-state index contributed by atoms with van der Waals surface area (Å²) in [5, 5.41) is 6.34. The Morgan fingerprint density at radius 3 is 2.65 bits per heavy atom. The van der Waals surface area contributed by atoms with Crippen molar-refractivity contribution in [1.82, 2.24) is 4.57 Å². The Kier molecular flexibility index (Phi) is 4.11. The van der Waals surface area contributed by atoms with Gasteiger partial charge in [0.15, 0.2) is 0 Å². The molecule has 3 unspecified atom stereocenters. The fourth-order valence-electron chi connectivity index (χ4n) is 6.18. The number of rotatable bonds is 2. The summed E-state index contributed by atoms with van der Waals surface area (Å²) in [5.41, 5.74) is 9.11. The van der Waals surface area contributed by atoms with Gasteiger partial charge in [-0.3, -0.25) is 0 Å². The van der Waals surface area contributed by atoms with Crippen LogP contribution in [0.15, 0.2) is 103 Å². The molecule has 0 radical (unpaired) electrons. The van der Waals surface area contributed by atoms with Crippen LogP contribution in [0.1, 0.15) is 31.4 Å². The lowest BCUT2D eigenvalue weighted by atomic mass is 9.73. The molecule has 4 aromatic rings. The van der Waals surface area contributed by atoms with Crippen molar-refractivity contribution >= 4 is 38.8 Å². The second kappa shape index (κ2) is 7.11. The van der Waals surface area contributed by atoms with Crippen LogP contribution in [0.5, 0.6) is 0 Å². The highest BCUT2D eigenvalue weighted by Gasteiger charge is 2.41. The van der Waals surface area contributed by atoms with Gasteiger partial charge < -0.3 is 9.88 Å². The number of nitrogens with zero attached hydrogens (tertiary/aromatic N) is 1. The average Bonchev–Trinajstić information content (AvgIpc) is 3.35. The molecule has 3 aliphatic rings. The van der Waals surface area contributed by atoms with Gasteiger partial charge in [0.25, 0.3) is 0 Å². The SMILES string of the molecule is CC1C=CC=C(n2c3ccccc3c3cc(C4=CC5(C)c6ccccc6NC5C=C4)ccc32)C1. The molecule has 0 fully saturated rings. The molecule has 0 amide bonds. The zero-order chi connectivity index (χ0) is 22.9. The number of aromatic nitrogens is 1. The lowest BCUT2D eigenvalue weighted by molar-refractivity contribution is 0.581. The minimum atomic E-state index is -0.0426. The molecule has 7 rings (SSSR count). The van der Waals surface area contributed by atoms with E-state index in [1.54, 1.807) is 0 Å². The Morgan fingerprint density at radius 1 is 0.912 bits per heavy atom. The highest BCUT2D eigenvalue weighted by atomic mass is 15.0. The fourth-order valence-corrected chi connectivity index (χ4v) is 6.18. The summed E-state index contributed by atoms with van der Waals surface area (Å²) < 4.78 is 2.47. The summed E-state index contributed by atoms with van der Waals surface area (Å²) in [6.45, 7) is 4.65. The first-order valence-electron chi connectivity index (χ1n) is 12.3. The second-order valence-electron chi connectivity index (χ2n) is 10.2. The van der Waals surface area contributed by atoms with Gasteiger partial charge in [-0.05, 0) is 66.3 Å². The Labute approximate surface area is 200 Å². The lowest BCUT2D eigenvalue weighted by Crippen LogP contribution is -2.34. The first-order valence-corrected chi connectivity index (χ1v) is 12.3. The Balaban J connectivity index is 1.40. The van der Waals surface area contributed by atoms with Crippen molar-refractivity contribution in [1.29, 1.82) is 0 Å². The molecule has 0 bridgehead atoms. The van der Waals surface area contributed by atoms with Crippen molar-refractivity contribution in [2.75, 3.05) is 5.32 Å². The molecular formula is C32H28N2. The van der Waals surface area contributed by atoms with Gasteiger partial charge in [0, 0.05) is 27.6 Å². The standard InChI is InChI=1S/C32H28N2/c1-21-8-7-9-24(18-21)34-29-13-6-3-10-25(29)26-19-22(14-16-30(26)34)23-15-17-31-32(2,20-23)27-11-4-5-12-28(27)33-31/h3-17,19-21,31,33H,18H2,1-2H3. The Morgan fingerprint density at radius 2 is 1.74 bits per heavy atom. The van der Waals surface area contributed by atoms with E-state index in [4.69, 9.17) is 0 Å². The van der Waals surface area contributed by atoms with E-state index in [1.807, 2.05) is 0 Å². The molecule has 2 heterocycles. The molecular weight excluding hydrogens is 412 g/mol. The van der Waals surface area contributed by atoms with E-state index in [1.165, 1.54) is 49.9 Å². The van der Waals surface area contributed by atoms with E-state index in [0.29, 0.717) is 12.0 Å². The first-order chi connectivity index (χ1) is 16.6. The summed E-state index contributed by atoms with van der Waals surface area (Å²) in [6, 6.07) is 24.9. The van der Waals surface area contributed by atoms with E-state index in [-0.39, 0.29) is 5.41 Å². The maximum atomic E-state index is 3.70. The Bertz CT molecular complexity index is 1590. The van der Waals surface area contributed by atoms with E-state index in [9.17, 15) is 0 Å². The van der Waals surface area contributed by atoms with E-state index < -0.39 is 0 Å². The Hall–Kier alpha value is -3.78. The van der Waals surface area contributed by atoms with Crippen molar-refractivity contribution < 1.29 is 0 Å². The zero-order valence-electron chi connectivity index (χ0n) is 19.6. The highest BCUT2D eigenvalue weighted by molar-refractivity contribution is 6.11. The zero-order valence-corrected chi connectivity index (χ0v) is 19.6. The van der Waals surface area contributed by atoms with Crippen molar-refractivity contribution in [3.05, 3.63) is 114 Å². The van der Waals surface area contributed by atoms with E-state index >= 15 is 0 Å². The number of anilines is 1. The molecule has 2 nitrogen and oxygen atoms in total. The van der Waals surface area contributed by atoms with Crippen LogP contribution in [0.4, 0.5) is 5.69 Å². The molecule has 166 valence electrons. The molecule has 3 atom stereocenters. The third-order valence-corrected chi connectivity index (χ3v) is 7.94. The molecule has 0 spiro atoms. The number of fused-ring (bicyclic) bond motifs is 6. The summed E-state index contributed by atoms with van der Waals surface area (Å²) in [7, 11) is 0. The van der Waals surface area contributed by atoms with Crippen LogP contribution >= 0.6 is 0 Å². The highest BCUT2D eigenvalue weighted by Crippen LogP contribution is 2.46. The van der Waals surface area contributed by atoms with Crippen molar-refractivity contribution in [2.45, 2.75) is 31.7 Å². The number of hydrogen-bond donors (Lipinski definition) is 1. The number of para-hydroxylation sites is 2. The topological polar surface area (TPSA) is 17.0 Å². The van der Waals surface area contributed by atoms with Gasteiger partial charge >= 0.3 is 0 Å². The number of benzene rings is 3. The summed E-state index contributed by atoms with van der Waals surface area (Å²) >= 11 is 0. The third-order valence-electron chi connectivity index (χ3n) is 7.94. The second-order valence-corrected chi connectivity index (χ2v) is 10.2. The summed E-state index contributed by atoms with van der Waals surface area (Å²) in [5.74, 6) is 0.560. The van der Waals surface area contributed by atoms with Crippen molar-refractivity contribution in [2.24, 2.45) is 5.92 Å². The molecule has 1 aliphatic heterocycles. The largest absolute Gasteiger partial charge is 0.377 e. The van der Waals surface area contributed by atoms with Gasteiger partial charge in [-0.25, -0.2) is 0 Å². The van der Waals surface area contributed by atoms with Gasteiger partial charge in [0.1, 0.15) is 0 Å². The molecule has 0 saturated heterocycles. The molecule has 34 heavy (non-hydrogen) atoms. The quantitative estimate of drug-likeness (QED) is 0.335. The van der Waals surface area contributed by atoms with Crippen LogP contribution in [-0.4, -0.2) is 10.6 Å². The predicted octanol–water partition coefficient (Wildman–Crippen LogP) is 7.94. The minimum absolute atomic E-state index is 0.0426. The smallest absolute Gasteiger partial charge is 0.0577 e. The van der Waals surface area contributed by atoms with Crippen LogP contribution in [0.25, 0.3) is 33.1 Å². The molecule has 2 heteroatoms. The van der Waals surface area contributed by atoms with Crippen molar-refractivity contribution in [3.8, 4) is 0 Å². The van der Waals surface area contributed by atoms with Crippen LogP contribution in [0.2, 0.25) is 0 Å². The van der Waals surface area contributed by atoms with Crippen molar-refractivity contribution in [3.63, 3.8) is 0 Å². The first kappa shape index (κ1) is 19.7. The van der Waals surface area contributed by atoms with Crippen LogP contribution in [-0.2, 0) is 5.41 Å². The van der Waals surface area contributed by atoms with E-state index in [2.05, 4.69) is 127 Å². The van der Waals surface area contributed by atoms with Crippen LogP contribution < -0.4 is 5.32 Å². The number of nitrogens with one attached hydrogen (secondary N) is 1. The number of hydrogen-bond acceptors (Lipinski definition) is 1. The molecule has 2 aliphatic carbocycles. The molecule has 3 aromatic carbocycles. The molecule has 0 saturated carbocycles. The average molecular weight is 441 g/mol. The molecule has 1 aromatic heterocycles. The van der Waals surface area contributed by atoms with E-state index in [0.717, 1.165) is 6.42 Å². The maximum Gasteiger partial charge on any atom is 0.0577 e. The summed E-state index contributed by atoms with van der Waals surface area (Å²) in [4.78, 5) is 0. The fraction of sp³-hybridized carbons (Fsp3) is 0.188. The monoisotopic (exact) mass is 440 g/mol. The predicted molar refractivity (Wildman–Crippen MR) is 145 cm³/mol. The normalized spacial score (nSPS) is 25.1. The van der Waals surface area contributed by atoms with Gasteiger partial charge in [-0.15, -0.1) is 0 Å². The molecule has 1 N–H and O–H groups in total. The number of allylic oxidation sites excluding steroid dienone is 6. The van der Waals surface area contributed by atoms with Gasteiger partial charge in [-0.1, -0.05) is 79.8 Å². The van der Waals surface area contributed by atoms with Crippen LogP contribution in [0.3, 0.4) is 0 Å². The van der Waals surface area contributed by atoms with Gasteiger partial charge in [-0.2, -0.15) is 0 Å². The lowest BCUT2D eigenvalue weighted by Gasteiger charge is -2.31.